The molecule has 1 aromatic heterocycles. The van der Waals surface area contributed by atoms with E-state index in [4.69, 9.17) is 10.4 Å². The molecule has 0 aromatic carbocycles. The average Bonchev–Trinajstić information content (AvgIpc) is 2.73. The summed E-state index contributed by atoms with van der Waals surface area (Å²) in [5.74, 6) is -0.984. The van der Waals surface area contributed by atoms with Gasteiger partial charge in [-0.25, -0.2) is 4.79 Å². The molecule has 1 fully saturated rings. The van der Waals surface area contributed by atoms with Gasteiger partial charge in [-0.05, 0) is 6.42 Å². The van der Waals surface area contributed by atoms with Gasteiger partial charge in [0.15, 0.2) is 0 Å². The molecule has 1 heterocycles. The zero-order chi connectivity index (χ0) is 9.42. The van der Waals surface area contributed by atoms with Gasteiger partial charge in [0.05, 0.1) is 29.8 Å². The number of nitriles is 1. The van der Waals surface area contributed by atoms with Gasteiger partial charge >= 0.3 is 5.97 Å². The van der Waals surface area contributed by atoms with Crippen LogP contribution >= 0.6 is 0 Å². The summed E-state index contributed by atoms with van der Waals surface area (Å²) in [6.07, 6.45) is 3.54. The zero-order valence-corrected chi connectivity index (χ0v) is 6.71. The van der Waals surface area contributed by atoms with Gasteiger partial charge < -0.3 is 5.11 Å². The van der Waals surface area contributed by atoms with E-state index in [2.05, 4.69) is 11.2 Å². The predicted molar refractivity (Wildman–Crippen MR) is 41.9 cm³/mol. The summed E-state index contributed by atoms with van der Waals surface area (Å²) in [6, 6.07) is 2.20. The molecule has 0 spiro atoms. The van der Waals surface area contributed by atoms with E-state index in [0.29, 0.717) is 0 Å². The largest absolute Gasteiger partial charge is 0.478 e. The van der Waals surface area contributed by atoms with Crippen molar-refractivity contribution in [2.24, 2.45) is 5.92 Å². The molecule has 0 saturated heterocycles. The molecular formula is C8H7N3O2. The summed E-state index contributed by atoms with van der Waals surface area (Å²) >= 11 is 0. The van der Waals surface area contributed by atoms with Crippen LogP contribution in [0.1, 0.15) is 22.8 Å². The zero-order valence-electron chi connectivity index (χ0n) is 6.71. The third kappa shape index (κ3) is 1.26. The maximum absolute atomic E-state index is 10.5. The summed E-state index contributed by atoms with van der Waals surface area (Å²) in [4.78, 5) is 10.5. The van der Waals surface area contributed by atoms with Crippen molar-refractivity contribution in [3.05, 3.63) is 18.0 Å². The Morgan fingerprint density at radius 2 is 2.62 bits per heavy atom. The number of rotatable bonds is 2. The molecule has 66 valence electrons. The molecule has 1 saturated carbocycles. The molecule has 1 aliphatic carbocycles. The predicted octanol–water partition coefficient (Wildman–Crippen LogP) is 0.666. The topological polar surface area (TPSA) is 78.9 Å². The van der Waals surface area contributed by atoms with Crippen LogP contribution in [0.3, 0.4) is 0 Å². The summed E-state index contributed by atoms with van der Waals surface area (Å²) in [6.45, 7) is 0. The highest BCUT2D eigenvalue weighted by molar-refractivity contribution is 5.86. The molecule has 0 aliphatic heterocycles. The number of nitrogens with zero attached hydrogens (tertiary/aromatic N) is 3. The van der Waals surface area contributed by atoms with Crippen molar-refractivity contribution in [1.29, 1.82) is 5.26 Å². The van der Waals surface area contributed by atoms with Crippen molar-refractivity contribution in [2.75, 3.05) is 0 Å². The van der Waals surface area contributed by atoms with Crippen molar-refractivity contribution in [3.8, 4) is 6.07 Å². The van der Waals surface area contributed by atoms with E-state index in [0.717, 1.165) is 6.42 Å². The van der Waals surface area contributed by atoms with E-state index in [1.54, 1.807) is 4.68 Å². The summed E-state index contributed by atoms with van der Waals surface area (Å²) in [5, 5.41) is 21.0. The van der Waals surface area contributed by atoms with E-state index in [1.807, 2.05) is 0 Å². The Balaban J connectivity index is 2.16. The standard InChI is InChI=1S/C8H7N3O2/c9-2-5-1-7(5)11-4-6(3-10-11)8(12)13/h3-5,7H,1H2,(H,12,13). The number of carboxylic acids is 1. The Kier molecular flexibility index (Phi) is 1.55. The van der Waals surface area contributed by atoms with E-state index >= 15 is 0 Å². The molecule has 1 aromatic rings. The molecule has 1 N–H and O–H groups in total. The van der Waals surface area contributed by atoms with Gasteiger partial charge in [-0.3, -0.25) is 4.68 Å². The Morgan fingerprint density at radius 3 is 3.08 bits per heavy atom. The van der Waals surface area contributed by atoms with Crippen LogP contribution in [0.2, 0.25) is 0 Å². The number of aromatic carboxylic acids is 1. The lowest BCUT2D eigenvalue weighted by Crippen LogP contribution is -1.96. The first kappa shape index (κ1) is 7.80. The average molecular weight is 177 g/mol. The number of carbonyl (C=O) groups is 1. The molecule has 0 bridgehead atoms. The van der Waals surface area contributed by atoms with Crippen molar-refractivity contribution < 1.29 is 9.90 Å². The first-order chi connectivity index (χ1) is 6.22. The van der Waals surface area contributed by atoms with Crippen LogP contribution in [0.4, 0.5) is 0 Å². The third-order valence-corrected chi connectivity index (χ3v) is 2.11. The monoisotopic (exact) mass is 177 g/mol. The Labute approximate surface area is 74.2 Å². The maximum atomic E-state index is 10.5. The first-order valence-corrected chi connectivity index (χ1v) is 3.89. The van der Waals surface area contributed by atoms with Crippen LogP contribution < -0.4 is 0 Å². The van der Waals surface area contributed by atoms with Crippen LogP contribution in [0.15, 0.2) is 12.4 Å². The van der Waals surface area contributed by atoms with Crippen molar-refractivity contribution in [3.63, 3.8) is 0 Å². The van der Waals surface area contributed by atoms with Crippen LogP contribution in [0.5, 0.6) is 0 Å². The molecular weight excluding hydrogens is 170 g/mol. The maximum Gasteiger partial charge on any atom is 0.338 e. The summed E-state index contributed by atoms with van der Waals surface area (Å²) in [5.41, 5.74) is 0.170. The normalized spacial score (nSPS) is 25.2. The van der Waals surface area contributed by atoms with E-state index in [-0.39, 0.29) is 17.5 Å². The molecule has 2 rings (SSSR count). The Bertz CT molecular complexity index is 390. The van der Waals surface area contributed by atoms with Crippen molar-refractivity contribution in [1.82, 2.24) is 9.78 Å². The van der Waals surface area contributed by atoms with Crippen LogP contribution in [-0.4, -0.2) is 20.9 Å². The molecule has 5 heteroatoms. The number of carboxylic acid groups (broad SMARTS) is 1. The van der Waals surface area contributed by atoms with Crippen LogP contribution in [-0.2, 0) is 0 Å². The fourth-order valence-electron chi connectivity index (χ4n) is 1.24. The number of hydrogen-bond donors (Lipinski definition) is 1. The number of aromatic nitrogens is 2. The minimum atomic E-state index is -0.986. The number of hydrogen-bond acceptors (Lipinski definition) is 3. The van der Waals surface area contributed by atoms with Gasteiger partial charge in [-0.15, -0.1) is 0 Å². The highest BCUT2D eigenvalue weighted by Crippen LogP contribution is 2.41. The van der Waals surface area contributed by atoms with Gasteiger partial charge in [0.2, 0.25) is 0 Å². The lowest BCUT2D eigenvalue weighted by molar-refractivity contribution is 0.0697. The van der Waals surface area contributed by atoms with Gasteiger partial charge in [-0.1, -0.05) is 0 Å². The van der Waals surface area contributed by atoms with Crippen LogP contribution in [0.25, 0.3) is 0 Å². The molecule has 13 heavy (non-hydrogen) atoms. The second-order valence-electron chi connectivity index (χ2n) is 3.05. The quantitative estimate of drug-likeness (QED) is 0.719. The van der Waals surface area contributed by atoms with E-state index in [1.165, 1.54) is 12.4 Å². The molecule has 5 nitrogen and oxygen atoms in total. The van der Waals surface area contributed by atoms with E-state index < -0.39 is 5.97 Å². The van der Waals surface area contributed by atoms with Crippen molar-refractivity contribution >= 4 is 5.97 Å². The lowest BCUT2D eigenvalue weighted by Gasteiger charge is -1.93. The van der Waals surface area contributed by atoms with Gasteiger partial charge in [0.25, 0.3) is 0 Å². The molecule has 0 amide bonds. The molecule has 0 radical (unpaired) electrons. The van der Waals surface area contributed by atoms with E-state index in [9.17, 15) is 4.79 Å². The summed E-state index contributed by atoms with van der Waals surface area (Å²) < 4.78 is 1.55. The van der Waals surface area contributed by atoms with Gasteiger partial charge in [0, 0.05) is 6.20 Å². The van der Waals surface area contributed by atoms with Gasteiger partial charge in [-0.2, -0.15) is 10.4 Å². The molecule has 1 aliphatic rings. The smallest absolute Gasteiger partial charge is 0.338 e. The fraction of sp³-hybridized carbons (Fsp3) is 0.375. The minimum absolute atomic E-state index is 0.00143. The lowest BCUT2D eigenvalue weighted by atomic mass is 10.4. The first-order valence-electron chi connectivity index (χ1n) is 3.89. The fourth-order valence-corrected chi connectivity index (χ4v) is 1.24. The van der Waals surface area contributed by atoms with Gasteiger partial charge in [0.1, 0.15) is 0 Å². The second kappa shape index (κ2) is 2.59. The van der Waals surface area contributed by atoms with Crippen LogP contribution in [0, 0.1) is 17.2 Å². The Morgan fingerprint density at radius 1 is 1.85 bits per heavy atom. The third-order valence-electron chi connectivity index (χ3n) is 2.11. The minimum Gasteiger partial charge on any atom is -0.478 e. The molecule has 2 atom stereocenters. The molecule has 2 unspecified atom stereocenters. The SMILES string of the molecule is N#CC1CC1n1cc(C(=O)O)cn1. The highest BCUT2D eigenvalue weighted by atomic mass is 16.4. The Hall–Kier alpha value is -1.83. The van der Waals surface area contributed by atoms with Crippen molar-refractivity contribution in [2.45, 2.75) is 12.5 Å². The highest BCUT2D eigenvalue weighted by Gasteiger charge is 2.39. The second-order valence-corrected chi connectivity index (χ2v) is 3.05. The summed E-state index contributed by atoms with van der Waals surface area (Å²) in [7, 11) is 0.